The Morgan fingerprint density at radius 2 is 2.08 bits per heavy atom. The van der Waals surface area contributed by atoms with Crippen LogP contribution in [-0.4, -0.2) is 21.8 Å². The van der Waals surface area contributed by atoms with Gasteiger partial charge in [0.2, 0.25) is 0 Å². The van der Waals surface area contributed by atoms with E-state index < -0.39 is 0 Å². The van der Waals surface area contributed by atoms with Gasteiger partial charge in [-0.25, -0.2) is 0 Å². The molecule has 0 heterocycles. The number of unbranched alkanes of at least 4 members (excludes halogenated alkanes) is 2. The lowest BCUT2D eigenvalue weighted by molar-refractivity contribution is 0.309. The Balaban J connectivity index is 0. The monoisotopic (exact) mass is 228 g/mol. The zero-order chi connectivity index (χ0) is 9.82. The maximum Gasteiger partial charge on any atom is 0.255 e. The molecule has 12 heavy (non-hydrogen) atoms. The van der Waals surface area contributed by atoms with Crippen LogP contribution in [0, 0.1) is 0 Å². The van der Waals surface area contributed by atoms with Gasteiger partial charge in [0, 0.05) is 0 Å². The van der Waals surface area contributed by atoms with E-state index in [2.05, 4.69) is 31.4 Å². The number of ether oxygens (including phenoxy) is 1. The summed E-state index contributed by atoms with van der Waals surface area (Å²) in [4.78, 5) is 0. The van der Waals surface area contributed by atoms with Crippen molar-refractivity contribution in [3.05, 3.63) is 0 Å². The number of aliphatic hydroxyl groups is 1. The Kier molecular flexibility index (Phi) is 16.6. The van der Waals surface area contributed by atoms with Crippen molar-refractivity contribution < 1.29 is 9.84 Å². The van der Waals surface area contributed by atoms with Crippen molar-refractivity contribution in [3.63, 3.8) is 0 Å². The van der Waals surface area contributed by atoms with E-state index in [1.54, 1.807) is 0 Å². The second-order valence-electron chi connectivity index (χ2n) is 1.90. The molecule has 72 valence electrons. The first-order valence-corrected chi connectivity index (χ1v) is 4.84. The van der Waals surface area contributed by atoms with E-state index in [0.717, 1.165) is 6.42 Å². The fourth-order valence-electron chi connectivity index (χ4n) is 0.504. The highest BCUT2D eigenvalue weighted by atomic mass is 35.5. The average Bonchev–Trinajstić information content (AvgIpc) is 1.99. The quantitative estimate of drug-likeness (QED) is 0.455. The molecule has 0 bridgehead atoms. The van der Waals surface area contributed by atoms with Gasteiger partial charge in [0.25, 0.3) is 4.51 Å². The van der Waals surface area contributed by atoms with Crippen molar-refractivity contribution >= 4 is 46.1 Å². The van der Waals surface area contributed by atoms with Crippen LogP contribution >= 0.6 is 36.0 Å². The first-order chi connectivity index (χ1) is 5.68. The van der Waals surface area contributed by atoms with Crippen LogP contribution < -0.4 is 0 Å². The number of hydrogen-bond acceptors (Lipinski definition) is 3. The highest BCUT2D eigenvalue weighted by molar-refractivity contribution is 7.82. The number of rotatable bonds is 4. The van der Waals surface area contributed by atoms with E-state index in [1.165, 1.54) is 12.8 Å². The van der Waals surface area contributed by atoms with Gasteiger partial charge < -0.3 is 9.84 Å². The molecule has 0 radical (unpaired) electrons. The third-order valence-corrected chi connectivity index (χ3v) is 1.19. The highest BCUT2D eigenvalue weighted by Crippen LogP contribution is 1.96. The summed E-state index contributed by atoms with van der Waals surface area (Å²) in [5.41, 5.74) is 0.583. The number of halogens is 1. The number of hydrogen-bond donors (Lipinski definition) is 1. The summed E-state index contributed by atoms with van der Waals surface area (Å²) in [5, 5.41) is 7.26. The van der Waals surface area contributed by atoms with Crippen LogP contribution in [-0.2, 0) is 4.74 Å². The number of aliphatic hydroxyl groups excluding tert-OH is 1. The van der Waals surface area contributed by atoms with Gasteiger partial charge in [-0.1, -0.05) is 19.8 Å². The Morgan fingerprint density at radius 3 is 2.42 bits per heavy atom. The molecule has 0 aromatic rings. The van der Waals surface area contributed by atoms with E-state index >= 15 is 0 Å². The lowest BCUT2D eigenvalue weighted by atomic mass is 10.3. The largest absolute Gasteiger partial charge is 0.504 e. The lowest BCUT2D eigenvalue weighted by Gasteiger charge is -1.98. The van der Waals surface area contributed by atoms with Gasteiger partial charge in [-0.3, -0.25) is 0 Å². The summed E-state index contributed by atoms with van der Waals surface area (Å²) in [6.45, 7) is 2.80. The molecule has 0 aromatic heterocycles. The molecular weight excluding hydrogens is 216 g/mol. The first kappa shape index (κ1) is 14.6. The zero-order valence-corrected chi connectivity index (χ0v) is 9.34. The molecule has 5 heteroatoms. The fraction of sp³-hybridized carbons (Fsp3) is 0.714. The summed E-state index contributed by atoms with van der Waals surface area (Å²) in [6.07, 6.45) is 3.42. The van der Waals surface area contributed by atoms with Gasteiger partial charge >= 0.3 is 0 Å². The summed E-state index contributed by atoms with van der Waals surface area (Å²) in [7, 11) is 0. The molecule has 1 N–H and O–H groups in total. The van der Waals surface area contributed by atoms with Crippen LogP contribution in [0.1, 0.15) is 26.2 Å². The van der Waals surface area contributed by atoms with Crippen molar-refractivity contribution in [1.29, 1.82) is 0 Å². The van der Waals surface area contributed by atoms with Crippen molar-refractivity contribution in [2.45, 2.75) is 26.2 Å². The Hall–Kier alpha value is 0.0700. The zero-order valence-electron chi connectivity index (χ0n) is 6.96. The van der Waals surface area contributed by atoms with Crippen LogP contribution in [0.2, 0.25) is 0 Å². The third-order valence-electron chi connectivity index (χ3n) is 0.963. The predicted octanol–water partition coefficient (Wildman–Crippen LogP) is 3.22. The topological polar surface area (TPSA) is 29.5 Å². The van der Waals surface area contributed by atoms with E-state index in [9.17, 15) is 0 Å². The molecule has 0 fully saturated rings. The molecule has 2 nitrogen and oxygen atoms in total. The van der Waals surface area contributed by atoms with Gasteiger partial charge in [-0.15, -0.1) is 0 Å². The highest BCUT2D eigenvalue weighted by Gasteiger charge is 1.88. The Bertz CT molecular complexity index is 120. The Morgan fingerprint density at radius 1 is 1.58 bits per heavy atom. The van der Waals surface area contributed by atoms with Crippen molar-refractivity contribution in [3.8, 4) is 0 Å². The van der Waals surface area contributed by atoms with E-state index in [0.29, 0.717) is 12.2 Å². The fourth-order valence-corrected chi connectivity index (χ4v) is 0.665. The average molecular weight is 229 g/mol. The molecule has 0 amide bonds. The minimum Gasteiger partial charge on any atom is -0.504 e. The SMILES string of the molecule is CCCCCOC(=S)Cl.OC=S. The molecular formula is C7H13ClO2S2. The number of thiocarbonyl (C=S) groups is 2. The van der Waals surface area contributed by atoms with Crippen molar-refractivity contribution in [2.75, 3.05) is 6.61 Å². The molecule has 0 spiro atoms. The smallest absolute Gasteiger partial charge is 0.255 e. The van der Waals surface area contributed by atoms with Crippen molar-refractivity contribution in [1.82, 2.24) is 0 Å². The molecule has 0 rings (SSSR count). The van der Waals surface area contributed by atoms with Crippen LogP contribution in [0.25, 0.3) is 0 Å². The van der Waals surface area contributed by atoms with E-state index in [1.807, 2.05) is 0 Å². The lowest BCUT2D eigenvalue weighted by Crippen LogP contribution is -1.95. The van der Waals surface area contributed by atoms with Gasteiger partial charge in [0.1, 0.15) is 5.55 Å². The summed E-state index contributed by atoms with van der Waals surface area (Å²) < 4.78 is 4.97. The summed E-state index contributed by atoms with van der Waals surface area (Å²) in [6, 6.07) is 0. The minimum absolute atomic E-state index is 0.131. The van der Waals surface area contributed by atoms with Gasteiger partial charge in [0.05, 0.1) is 6.61 Å². The molecule has 0 aliphatic carbocycles. The van der Waals surface area contributed by atoms with Crippen molar-refractivity contribution in [2.24, 2.45) is 0 Å². The molecule has 0 atom stereocenters. The van der Waals surface area contributed by atoms with Crippen LogP contribution in [0.15, 0.2) is 0 Å². The normalized spacial score (nSPS) is 7.83. The van der Waals surface area contributed by atoms with Gasteiger partial charge in [0.15, 0.2) is 0 Å². The molecule has 0 aliphatic heterocycles. The molecule has 0 aliphatic rings. The van der Waals surface area contributed by atoms with Crippen LogP contribution in [0.4, 0.5) is 0 Å². The third kappa shape index (κ3) is 22.5. The molecule has 0 unspecified atom stereocenters. The second-order valence-corrected chi connectivity index (χ2v) is 3.05. The summed E-state index contributed by atoms with van der Waals surface area (Å²) in [5.74, 6) is 0. The van der Waals surface area contributed by atoms with Gasteiger partial charge in [-0.05, 0) is 42.5 Å². The van der Waals surface area contributed by atoms with E-state index in [-0.39, 0.29) is 4.51 Å². The molecule has 0 saturated carbocycles. The standard InChI is InChI=1S/C6H11ClOS.CH2OS/c1-2-3-4-5-8-6(7)9;2-1-3/h2-5H2,1H3;1H,(H,2,3). The van der Waals surface area contributed by atoms with Crippen LogP contribution in [0.5, 0.6) is 0 Å². The Labute approximate surface area is 88.9 Å². The van der Waals surface area contributed by atoms with Gasteiger partial charge in [-0.2, -0.15) is 0 Å². The molecule has 0 aromatic carbocycles. The maximum absolute atomic E-state index is 7.26. The molecule has 0 saturated heterocycles. The second kappa shape index (κ2) is 13.6. The summed E-state index contributed by atoms with van der Waals surface area (Å²) >= 11 is 13.6. The predicted molar refractivity (Wildman–Crippen MR) is 60.2 cm³/mol. The van der Waals surface area contributed by atoms with E-state index in [4.69, 9.17) is 21.4 Å². The first-order valence-electron chi connectivity index (χ1n) is 3.59. The van der Waals surface area contributed by atoms with Crippen LogP contribution in [0.3, 0.4) is 0 Å². The minimum atomic E-state index is 0.131. The maximum atomic E-state index is 7.26.